The van der Waals surface area contributed by atoms with Gasteiger partial charge in [0.05, 0.1) is 17.0 Å². The highest BCUT2D eigenvalue weighted by Gasteiger charge is 2.10. The van der Waals surface area contributed by atoms with E-state index in [1.54, 1.807) is 6.07 Å². The van der Waals surface area contributed by atoms with Crippen LogP contribution in [0.5, 0.6) is 5.75 Å². The normalized spacial score (nSPS) is 11.7. The van der Waals surface area contributed by atoms with E-state index in [9.17, 15) is 14.7 Å². The maximum Gasteiger partial charge on any atom is 0.258 e. The second-order valence-electron chi connectivity index (χ2n) is 3.47. The lowest BCUT2D eigenvalue weighted by Crippen LogP contribution is -2.47. The monoisotopic (exact) mass is 290 g/mol. The Morgan fingerprint density at radius 2 is 2.11 bits per heavy atom. The molecular weight excluding hydrogens is 281 g/mol. The van der Waals surface area contributed by atoms with Crippen molar-refractivity contribution in [3.63, 3.8) is 0 Å². The molecule has 7 heteroatoms. The zero-order chi connectivity index (χ0) is 13.7. The van der Waals surface area contributed by atoms with Crippen LogP contribution in [0.1, 0.15) is 6.92 Å². The van der Waals surface area contributed by atoms with Gasteiger partial charge in [-0.1, -0.05) is 23.2 Å². The molecule has 0 fully saturated rings. The predicted molar refractivity (Wildman–Crippen MR) is 64.6 cm³/mol. The third kappa shape index (κ3) is 4.43. The molecule has 0 aliphatic rings. The molecule has 1 aromatic carbocycles. The van der Waals surface area contributed by atoms with Crippen LogP contribution in [0.2, 0.25) is 10.0 Å². The quantitative estimate of drug-likeness (QED) is 0.863. The zero-order valence-corrected chi connectivity index (χ0v) is 10.9. The van der Waals surface area contributed by atoms with Crippen molar-refractivity contribution in [3.05, 3.63) is 28.2 Å². The largest absolute Gasteiger partial charge is 0.548 e. The Balaban J connectivity index is 2.52. The summed E-state index contributed by atoms with van der Waals surface area (Å²) in [6, 6.07) is 3.48. The fourth-order valence-electron chi connectivity index (χ4n) is 1.07. The van der Waals surface area contributed by atoms with Crippen LogP contribution in [0, 0.1) is 0 Å². The molecule has 0 bridgehead atoms. The Bertz CT molecular complexity index is 464. The van der Waals surface area contributed by atoms with Crippen molar-refractivity contribution < 1.29 is 19.4 Å². The van der Waals surface area contributed by atoms with Crippen LogP contribution in [0.3, 0.4) is 0 Å². The molecule has 0 unspecified atom stereocenters. The summed E-state index contributed by atoms with van der Waals surface area (Å²) < 4.78 is 5.12. The Hall–Kier alpha value is -1.46. The highest BCUT2D eigenvalue weighted by atomic mass is 35.5. The van der Waals surface area contributed by atoms with Crippen LogP contribution in [0.4, 0.5) is 0 Å². The van der Waals surface area contributed by atoms with Gasteiger partial charge in [-0.3, -0.25) is 4.79 Å². The number of carbonyl (C=O) groups excluding carboxylic acids is 2. The molecule has 0 saturated carbocycles. The standard InChI is InChI=1S/C11H11Cl2NO4/c1-6(11(16)17)14-10(15)5-18-9-4-7(12)2-3-8(9)13/h2-4,6H,5H2,1H3,(H,14,15)(H,16,17)/p-1/t6-/m1/s1. The summed E-state index contributed by atoms with van der Waals surface area (Å²) in [6.07, 6.45) is 0. The Labute approximate surface area is 114 Å². The van der Waals surface area contributed by atoms with Gasteiger partial charge in [-0.25, -0.2) is 0 Å². The number of hydrogen-bond acceptors (Lipinski definition) is 4. The van der Waals surface area contributed by atoms with E-state index in [4.69, 9.17) is 27.9 Å². The van der Waals surface area contributed by atoms with Crippen molar-refractivity contribution in [1.29, 1.82) is 0 Å². The van der Waals surface area contributed by atoms with Gasteiger partial charge in [-0.15, -0.1) is 0 Å². The molecule has 0 heterocycles. The fourth-order valence-corrected chi connectivity index (χ4v) is 1.41. The number of hydrogen-bond donors (Lipinski definition) is 1. The summed E-state index contributed by atoms with van der Waals surface area (Å²) in [6.45, 7) is 0.928. The van der Waals surface area contributed by atoms with E-state index in [0.717, 1.165) is 0 Å². The van der Waals surface area contributed by atoms with Crippen LogP contribution >= 0.6 is 23.2 Å². The van der Waals surface area contributed by atoms with Crippen molar-refractivity contribution >= 4 is 35.1 Å². The number of ether oxygens (including phenoxy) is 1. The third-order valence-corrected chi connectivity index (χ3v) is 2.53. The molecule has 18 heavy (non-hydrogen) atoms. The van der Waals surface area contributed by atoms with E-state index in [0.29, 0.717) is 10.0 Å². The average Bonchev–Trinajstić information content (AvgIpc) is 2.30. The number of carbonyl (C=O) groups is 2. The van der Waals surface area contributed by atoms with Gasteiger partial charge >= 0.3 is 0 Å². The first-order chi connectivity index (χ1) is 8.40. The number of amides is 1. The molecule has 1 rings (SSSR count). The van der Waals surface area contributed by atoms with Gasteiger partial charge in [0.1, 0.15) is 5.75 Å². The fraction of sp³-hybridized carbons (Fsp3) is 0.273. The molecule has 0 saturated heterocycles. The lowest BCUT2D eigenvalue weighted by molar-refractivity contribution is -0.307. The molecule has 1 aromatic rings. The molecule has 1 amide bonds. The predicted octanol–water partition coefficient (Wildman–Crippen LogP) is 0.627. The smallest absolute Gasteiger partial charge is 0.258 e. The van der Waals surface area contributed by atoms with Gasteiger partial charge in [-0.05, 0) is 19.1 Å². The second-order valence-corrected chi connectivity index (χ2v) is 4.32. The van der Waals surface area contributed by atoms with Crippen molar-refractivity contribution in [1.82, 2.24) is 5.32 Å². The third-order valence-electron chi connectivity index (χ3n) is 1.98. The average molecular weight is 291 g/mol. The van der Waals surface area contributed by atoms with Gasteiger partial charge in [0.2, 0.25) is 0 Å². The van der Waals surface area contributed by atoms with E-state index in [1.807, 2.05) is 0 Å². The maximum atomic E-state index is 11.3. The Morgan fingerprint density at radius 3 is 2.72 bits per heavy atom. The van der Waals surface area contributed by atoms with Gasteiger partial charge in [0.25, 0.3) is 5.91 Å². The van der Waals surface area contributed by atoms with Crippen molar-refractivity contribution in [3.8, 4) is 5.75 Å². The number of carboxylic acid groups (broad SMARTS) is 1. The molecule has 0 aliphatic heterocycles. The molecule has 5 nitrogen and oxygen atoms in total. The van der Waals surface area contributed by atoms with E-state index in [2.05, 4.69) is 5.32 Å². The van der Waals surface area contributed by atoms with Gasteiger partial charge in [-0.2, -0.15) is 0 Å². The van der Waals surface area contributed by atoms with Crippen LogP contribution in [0.15, 0.2) is 18.2 Å². The lowest BCUT2D eigenvalue weighted by atomic mass is 10.3. The number of nitrogens with one attached hydrogen (secondary N) is 1. The topological polar surface area (TPSA) is 78.5 Å². The second kappa shape index (κ2) is 6.47. The molecule has 0 spiro atoms. The first-order valence-corrected chi connectivity index (χ1v) is 5.74. The zero-order valence-electron chi connectivity index (χ0n) is 9.41. The first kappa shape index (κ1) is 14.6. The highest BCUT2D eigenvalue weighted by Crippen LogP contribution is 2.27. The van der Waals surface area contributed by atoms with Crippen LogP contribution in [-0.2, 0) is 9.59 Å². The van der Waals surface area contributed by atoms with Gasteiger partial charge in [0, 0.05) is 11.1 Å². The van der Waals surface area contributed by atoms with E-state index in [1.165, 1.54) is 19.1 Å². The maximum absolute atomic E-state index is 11.3. The van der Waals surface area contributed by atoms with Gasteiger partial charge in [0.15, 0.2) is 6.61 Å². The molecular formula is C11H10Cl2NO4-. The SMILES string of the molecule is C[C@@H](NC(=O)COc1cc(Cl)ccc1Cl)C(=O)[O-]. The minimum Gasteiger partial charge on any atom is -0.548 e. The molecule has 0 aromatic heterocycles. The summed E-state index contributed by atoms with van der Waals surface area (Å²) in [5.41, 5.74) is 0. The number of aliphatic carboxylic acids is 1. The number of carboxylic acids is 1. The van der Waals surface area contributed by atoms with Gasteiger partial charge < -0.3 is 20.0 Å². The van der Waals surface area contributed by atoms with E-state index in [-0.39, 0.29) is 12.4 Å². The highest BCUT2D eigenvalue weighted by molar-refractivity contribution is 6.34. The van der Waals surface area contributed by atoms with Crippen LogP contribution in [-0.4, -0.2) is 24.5 Å². The molecule has 0 radical (unpaired) electrons. The summed E-state index contributed by atoms with van der Waals surface area (Å²) in [7, 11) is 0. The number of halogens is 2. The van der Waals surface area contributed by atoms with Crippen molar-refractivity contribution in [2.24, 2.45) is 0 Å². The summed E-state index contributed by atoms with van der Waals surface area (Å²) in [4.78, 5) is 21.7. The van der Waals surface area contributed by atoms with E-state index < -0.39 is 17.9 Å². The summed E-state index contributed by atoms with van der Waals surface area (Å²) >= 11 is 11.5. The Kier molecular flexibility index (Phi) is 5.25. The van der Waals surface area contributed by atoms with Crippen molar-refractivity contribution in [2.45, 2.75) is 13.0 Å². The summed E-state index contributed by atoms with van der Waals surface area (Å²) in [5.74, 6) is -1.72. The lowest BCUT2D eigenvalue weighted by Gasteiger charge is -2.15. The molecule has 0 aliphatic carbocycles. The minimum absolute atomic E-state index is 0.250. The molecule has 1 atom stereocenters. The molecule has 1 N–H and O–H groups in total. The van der Waals surface area contributed by atoms with Crippen LogP contribution < -0.4 is 15.2 Å². The van der Waals surface area contributed by atoms with Crippen LogP contribution in [0.25, 0.3) is 0 Å². The number of rotatable bonds is 5. The van der Waals surface area contributed by atoms with Crippen molar-refractivity contribution in [2.75, 3.05) is 6.61 Å². The number of benzene rings is 1. The first-order valence-electron chi connectivity index (χ1n) is 4.98. The Morgan fingerprint density at radius 1 is 1.44 bits per heavy atom. The molecule has 98 valence electrons. The minimum atomic E-state index is -1.37. The van der Waals surface area contributed by atoms with E-state index >= 15 is 0 Å². The summed E-state index contributed by atoms with van der Waals surface area (Å²) in [5, 5.41) is 13.3.